The summed E-state index contributed by atoms with van der Waals surface area (Å²) in [5.74, 6) is 1.27. The summed E-state index contributed by atoms with van der Waals surface area (Å²) in [6.07, 6.45) is 3.64. The lowest BCUT2D eigenvalue weighted by Gasteiger charge is -2.17. The summed E-state index contributed by atoms with van der Waals surface area (Å²) in [7, 11) is -2.03. The number of amides is 1. The molecule has 0 unspecified atom stereocenters. The largest absolute Gasteiger partial charge is 0.441 e. The van der Waals surface area contributed by atoms with E-state index in [9.17, 15) is 13.2 Å². The molecule has 2 aromatic carbocycles. The van der Waals surface area contributed by atoms with Crippen LogP contribution in [0.25, 0.3) is 11.5 Å². The molecule has 0 bridgehead atoms. The van der Waals surface area contributed by atoms with Crippen molar-refractivity contribution in [2.45, 2.75) is 43.9 Å². The van der Waals surface area contributed by atoms with Crippen LogP contribution in [0.1, 0.15) is 37.1 Å². The molecule has 1 aromatic heterocycles. The van der Waals surface area contributed by atoms with Gasteiger partial charge in [0, 0.05) is 31.3 Å². The molecule has 0 radical (unpaired) electrons. The van der Waals surface area contributed by atoms with E-state index in [0.29, 0.717) is 35.3 Å². The number of aryl methyl sites for hydroxylation is 1. The Morgan fingerprint density at radius 1 is 1.12 bits per heavy atom. The van der Waals surface area contributed by atoms with Crippen molar-refractivity contribution >= 4 is 27.5 Å². The van der Waals surface area contributed by atoms with Gasteiger partial charge < -0.3 is 14.6 Å². The molecule has 1 amide bonds. The number of likely N-dealkylation sites (tertiary alicyclic amines) is 1. The average Bonchev–Trinajstić information content (AvgIpc) is 3.06. The Balaban J connectivity index is 1.47. The standard InChI is InChI=1S/C25H28N4O4S/c1-18-22(27-25(33-18)19-10-5-3-6-11-19)17-24(30)26-20-12-9-13-21(16-20)34(31,32)28-23-14-7-4-8-15-29(23)2/h3,5-6,9-13,16H,4,7-8,14-15,17H2,1-2H3,(H,26,30). The smallest absolute Gasteiger partial charge is 0.284 e. The predicted molar refractivity (Wildman–Crippen MR) is 131 cm³/mol. The first-order valence-corrected chi connectivity index (χ1v) is 12.7. The first-order chi connectivity index (χ1) is 16.3. The zero-order valence-corrected chi connectivity index (χ0v) is 20.1. The number of oxazole rings is 1. The molecule has 2 heterocycles. The van der Waals surface area contributed by atoms with Gasteiger partial charge in [-0.05, 0) is 50.1 Å². The van der Waals surface area contributed by atoms with Crippen LogP contribution >= 0.6 is 0 Å². The summed E-state index contributed by atoms with van der Waals surface area (Å²) in [5.41, 5.74) is 1.74. The number of carbonyl (C=O) groups is 1. The average molecular weight is 481 g/mol. The van der Waals surface area contributed by atoms with Gasteiger partial charge in [0.2, 0.25) is 11.8 Å². The third kappa shape index (κ3) is 5.72. The molecule has 1 aliphatic heterocycles. The van der Waals surface area contributed by atoms with Crippen LogP contribution in [-0.2, 0) is 21.2 Å². The molecular weight excluding hydrogens is 452 g/mol. The van der Waals surface area contributed by atoms with Crippen molar-refractivity contribution in [2.24, 2.45) is 4.40 Å². The van der Waals surface area contributed by atoms with Crippen LogP contribution in [-0.4, -0.2) is 43.6 Å². The Hall–Kier alpha value is -3.46. The summed E-state index contributed by atoms with van der Waals surface area (Å²) >= 11 is 0. The van der Waals surface area contributed by atoms with Crippen LogP contribution in [0.2, 0.25) is 0 Å². The normalized spacial score (nSPS) is 15.8. The van der Waals surface area contributed by atoms with Crippen molar-refractivity contribution in [1.82, 2.24) is 9.88 Å². The summed E-state index contributed by atoms with van der Waals surface area (Å²) in [6, 6.07) is 15.6. The van der Waals surface area contributed by atoms with E-state index in [2.05, 4.69) is 14.7 Å². The van der Waals surface area contributed by atoms with Gasteiger partial charge in [-0.2, -0.15) is 8.42 Å². The maximum Gasteiger partial charge on any atom is 0.284 e. The molecule has 0 spiro atoms. The molecule has 4 rings (SSSR count). The van der Waals surface area contributed by atoms with E-state index < -0.39 is 10.0 Å². The van der Waals surface area contributed by atoms with Crippen molar-refractivity contribution in [3.05, 3.63) is 66.1 Å². The molecule has 0 aliphatic carbocycles. The van der Waals surface area contributed by atoms with Crippen molar-refractivity contribution in [3.63, 3.8) is 0 Å². The van der Waals surface area contributed by atoms with Gasteiger partial charge in [0.15, 0.2) is 0 Å². The zero-order chi connectivity index (χ0) is 24.1. The molecule has 0 saturated carbocycles. The van der Waals surface area contributed by atoms with Gasteiger partial charge in [-0.25, -0.2) is 4.98 Å². The number of hydrogen-bond donors (Lipinski definition) is 1. The quantitative estimate of drug-likeness (QED) is 0.560. The van der Waals surface area contributed by atoms with Gasteiger partial charge in [-0.15, -0.1) is 4.40 Å². The molecule has 9 heteroatoms. The summed E-state index contributed by atoms with van der Waals surface area (Å²) in [5, 5.41) is 2.76. The van der Waals surface area contributed by atoms with Crippen LogP contribution in [0.5, 0.6) is 0 Å². The first kappa shape index (κ1) is 23.7. The first-order valence-electron chi connectivity index (χ1n) is 11.3. The summed E-state index contributed by atoms with van der Waals surface area (Å²) in [4.78, 5) is 19.1. The minimum atomic E-state index is -3.89. The highest BCUT2D eigenvalue weighted by Gasteiger charge is 2.20. The third-order valence-electron chi connectivity index (χ3n) is 5.72. The number of carbonyl (C=O) groups excluding carboxylic acids is 1. The molecule has 3 aromatic rings. The minimum absolute atomic E-state index is 0.00619. The second-order valence-electron chi connectivity index (χ2n) is 8.36. The highest BCUT2D eigenvalue weighted by atomic mass is 32.2. The second kappa shape index (κ2) is 10.2. The number of aromatic nitrogens is 1. The lowest BCUT2D eigenvalue weighted by Crippen LogP contribution is -2.26. The maximum atomic E-state index is 12.9. The van der Waals surface area contributed by atoms with Gasteiger partial charge in [0.25, 0.3) is 10.0 Å². The van der Waals surface area contributed by atoms with Gasteiger partial charge in [-0.3, -0.25) is 4.79 Å². The number of nitrogens with one attached hydrogen (secondary N) is 1. The van der Waals surface area contributed by atoms with Crippen LogP contribution in [0, 0.1) is 6.92 Å². The van der Waals surface area contributed by atoms with E-state index >= 15 is 0 Å². The van der Waals surface area contributed by atoms with Gasteiger partial charge in [0.1, 0.15) is 11.6 Å². The molecule has 34 heavy (non-hydrogen) atoms. The minimum Gasteiger partial charge on any atom is -0.441 e. The fourth-order valence-electron chi connectivity index (χ4n) is 3.82. The number of anilines is 1. The Morgan fingerprint density at radius 3 is 2.71 bits per heavy atom. The fourth-order valence-corrected chi connectivity index (χ4v) is 4.96. The number of rotatable bonds is 6. The number of benzene rings is 2. The van der Waals surface area contributed by atoms with E-state index in [1.165, 1.54) is 12.1 Å². The summed E-state index contributed by atoms with van der Waals surface area (Å²) in [6.45, 7) is 2.55. The monoisotopic (exact) mass is 480 g/mol. The van der Waals surface area contributed by atoms with Gasteiger partial charge in [0.05, 0.1) is 17.0 Å². The molecule has 1 aliphatic rings. The second-order valence-corrected chi connectivity index (χ2v) is 9.96. The fraction of sp³-hybridized carbons (Fsp3) is 0.320. The van der Waals surface area contributed by atoms with E-state index in [1.54, 1.807) is 19.1 Å². The Labute approximate surface area is 199 Å². The van der Waals surface area contributed by atoms with Crippen LogP contribution in [0.15, 0.2) is 68.3 Å². The Bertz CT molecular complexity index is 1300. The summed E-state index contributed by atoms with van der Waals surface area (Å²) < 4.78 is 35.6. The highest BCUT2D eigenvalue weighted by molar-refractivity contribution is 7.90. The SMILES string of the molecule is Cc1oc(-c2ccccc2)nc1CC(=O)Nc1cccc(S(=O)(=O)N=C2CCCCCN2C)c1. The zero-order valence-electron chi connectivity index (χ0n) is 19.3. The van der Waals surface area contributed by atoms with Crippen molar-refractivity contribution < 1.29 is 17.6 Å². The van der Waals surface area contributed by atoms with Gasteiger partial charge >= 0.3 is 0 Å². The van der Waals surface area contributed by atoms with Crippen molar-refractivity contribution in [3.8, 4) is 11.5 Å². The Morgan fingerprint density at radius 2 is 1.91 bits per heavy atom. The number of nitrogens with zero attached hydrogens (tertiary/aromatic N) is 3. The third-order valence-corrected chi connectivity index (χ3v) is 7.02. The number of amidine groups is 1. The predicted octanol–water partition coefficient (Wildman–Crippen LogP) is 4.42. The molecule has 1 saturated heterocycles. The number of sulfonamides is 1. The van der Waals surface area contributed by atoms with Crippen LogP contribution in [0.3, 0.4) is 0 Å². The molecule has 8 nitrogen and oxygen atoms in total. The molecule has 178 valence electrons. The highest BCUT2D eigenvalue weighted by Crippen LogP contribution is 2.23. The molecule has 0 atom stereocenters. The van der Waals surface area contributed by atoms with E-state index in [1.807, 2.05) is 42.3 Å². The van der Waals surface area contributed by atoms with Crippen LogP contribution < -0.4 is 5.32 Å². The van der Waals surface area contributed by atoms with Crippen molar-refractivity contribution in [2.75, 3.05) is 18.9 Å². The Kier molecular flexibility index (Phi) is 7.12. The molecular formula is C25H28N4O4S. The topological polar surface area (TPSA) is 105 Å². The molecule has 1 N–H and O–H groups in total. The lowest BCUT2D eigenvalue weighted by atomic mass is 10.2. The van der Waals surface area contributed by atoms with Gasteiger partial charge in [-0.1, -0.05) is 30.7 Å². The molecule has 1 fully saturated rings. The van der Waals surface area contributed by atoms with E-state index in [0.717, 1.165) is 31.4 Å². The number of hydrogen-bond acceptors (Lipinski definition) is 5. The lowest BCUT2D eigenvalue weighted by molar-refractivity contribution is -0.115. The van der Waals surface area contributed by atoms with E-state index in [4.69, 9.17) is 4.42 Å². The van der Waals surface area contributed by atoms with Crippen LogP contribution in [0.4, 0.5) is 5.69 Å². The van der Waals surface area contributed by atoms with Crippen molar-refractivity contribution in [1.29, 1.82) is 0 Å². The van der Waals surface area contributed by atoms with E-state index in [-0.39, 0.29) is 17.2 Å². The maximum absolute atomic E-state index is 12.9.